The van der Waals surface area contributed by atoms with Gasteiger partial charge >= 0.3 is 0 Å². The highest BCUT2D eigenvalue weighted by atomic mass is 35.5. The number of carbonyl (C=O) groups is 1. The average Bonchev–Trinajstić information content (AvgIpc) is 3.16. The molecule has 0 saturated heterocycles. The number of hydrogen-bond donors (Lipinski definition) is 2. The van der Waals surface area contributed by atoms with Crippen LogP contribution in [0.1, 0.15) is 24.8 Å². The summed E-state index contributed by atoms with van der Waals surface area (Å²) >= 11 is 0. The number of carbonyl (C=O) groups excluding carboxylic acids is 1. The van der Waals surface area contributed by atoms with Crippen molar-refractivity contribution in [2.45, 2.75) is 24.7 Å². The number of benzene rings is 1. The molecule has 0 radical (unpaired) electrons. The van der Waals surface area contributed by atoms with Gasteiger partial charge in [0.2, 0.25) is 5.91 Å². The quantitative estimate of drug-likeness (QED) is 0.840. The van der Waals surface area contributed by atoms with E-state index in [0.29, 0.717) is 19.5 Å². The van der Waals surface area contributed by atoms with E-state index in [1.807, 2.05) is 19.2 Å². The van der Waals surface area contributed by atoms with Gasteiger partial charge in [0.05, 0.1) is 0 Å². The first-order chi connectivity index (χ1) is 8.66. The average molecular weight is 287 g/mol. The van der Waals surface area contributed by atoms with Crippen molar-refractivity contribution in [3.63, 3.8) is 0 Å². The Morgan fingerprint density at radius 1 is 1.32 bits per heavy atom. The van der Waals surface area contributed by atoms with Crippen LogP contribution in [0.3, 0.4) is 0 Å². The largest absolute Gasteiger partial charge is 0.355 e. The van der Waals surface area contributed by atoms with Crippen molar-refractivity contribution in [2.75, 3.05) is 20.1 Å². The van der Waals surface area contributed by atoms with Crippen LogP contribution in [0.2, 0.25) is 0 Å². The highest BCUT2D eigenvalue weighted by Crippen LogP contribution is 2.47. The van der Waals surface area contributed by atoms with Gasteiger partial charge in [0.25, 0.3) is 0 Å². The molecule has 1 saturated carbocycles. The van der Waals surface area contributed by atoms with Gasteiger partial charge < -0.3 is 10.6 Å². The Hall–Kier alpha value is -1.13. The molecule has 1 aliphatic rings. The predicted molar refractivity (Wildman–Crippen MR) is 76.1 cm³/mol. The van der Waals surface area contributed by atoms with E-state index in [2.05, 4.69) is 10.6 Å². The standard InChI is InChI=1S/C14H19FN2O.ClH/c1-16-9-6-13(18)17-10-14(7-8-14)11-2-4-12(15)5-3-11;/h2-5,16H,6-10H2,1H3,(H,17,18);1H. The zero-order valence-electron chi connectivity index (χ0n) is 11.0. The molecule has 0 heterocycles. The van der Waals surface area contributed by atoms with Crippen molar-refractivity contribution in [2.24, 2.45) is 0 Å². The van der Waals surface area contributed by atoms with Crippen LogP contribution in [0.4, 0.5) is 4.39 Å². The van der Waals surface area contributed by atoms with Crippen LogP contribution in [0.15, 0.2) is 24.3 Å². The third-order valence-corrected chi connectivity index (χ3v) is 3.54. The van der Waals surface area contributed by atoms with E-state index >= 15 is 0 Å². The van der Waals surface area contributed by atoms with E-state index in [4.69, 9.17) is 0 Å². The van der Waals surface area contributed by atoms with Gasteiger partial charge in [0, 0.05) is 24.9 Å². The van der Waals surface area contributed by atoms with Crippen molar-refractivity contribution >= 4 is 18.3 Å². The molecule has 0 aromatic heterocycles. The fourth-order valence-corrected chi connectivity index (χ4v) is 2.12. The zero-order chi connectivity index (χ0) is 13.0. The third kappa shape index (κ3) is 4.18. The Morgan fingerprint density at radius 2 is 1.95 bits per heavy atom. The highest BCUT2D eigenvalue weighted by molar-refractivity contribution is 5.85. The van der Waals surface area contributed by atoms with E-state index in [1.165, 1.54) is 12.1 Å². The summed E-state index contributed by atoms with van der Waals surface area (Å²) in [6.45, 7) is 1.34. The molecule has 1 aromatic rings. The van der Waals surface area contributed by atoms with E-state index in [9.17, 15) is 9.18 Å². The van der Waals surface area contributed by atoms with Crippen LogP contribution < -0.4 is 10.6 Å². The Balaban J connectivity index is 0.00000180. The first-order valence-corrected chi connectivity index (χ1v) is 6.34. The van der Waals surface area contributed by atoms with Crippen LogP contribution in [0.5, 0.6) is 0 Å². The molecule has 106 valence electrons. The van der Waals surface area contributed by atoms with Gasteiger partial charge in [-0.1, -0.05) is 12.1 Å². The molecular weight excluding hydrogens is 267 g/mol. The fraction of sp³-hybridized carbons (Fsp3) is 0.500. The molecule has 3 nitrogen and oxygen atoms in total. The number of rotatable bonds is 6. The fourth-order valence-electron chi connectivity index (χ4n) is 2.12. The minimum absolute atomic E-state index is 0. The SMILES string of the molecule is CNCCC(=O)NCC1(c2ccc(F)cc2)CC1.Cl. The minimum atomic E-state index is -0.215. The molecule has 2 N–H and O–H groups in total. The first-order valence-electron chi connectivity index (χ1n) is 6.34. The summed E-state index contributed by atoms with van der Waals surface area (Å²) < 4.78 is 12.9. The molecule has 2 rings (SSSR count). The molecule has 0 unspecified atom stereocenters. The Morgan fingerprint density at radius 3 is 2.47 bits per heavy atom. The molecule has 1 fully saturated rings. The second-order valence-electron chi connectivity index (χ2n) is 4.92. The van der Waals surface area contributed by atoms with Crippen LogP contribution in [0, 0.1) is 5.82 Å². The van der Waals surface area contributed by atoms with E-state index in [1.54, 1.807) is 0 Å². The van der Waals surface area contributed by atoms with Gasteiger partial charge in [-0.25, -0.2) is 4.39 Å². The van der Waals surface area contributed by atoms with Gasteiger partial charge in [-0.2, -0.15) is 0 Å². The lowest BCUT2D eigenvalue weighted by molar-refractivity contribution is -0.121. The second kappa shape index (κ2) is 6.87. The molecule has 1 amide bonds. The minimum Gasteiger partial charge on any atom is -0.355 e. The maximum Gasteiger partial charge on any atom is 0.221 e. The summed E-state index contributed by atoms with van der Waals surface area (Å²) in [5.74, 6) is -0.148. The molecule has 1 aromatic carbocycles. The van der Waals surface area contributed by atoms with Crippen LogP contribution in [-0.2, 0) is 10.2 Å². The monoisotopic (exact) mass is 286 g/mol. The molecule has 19 heavy (non-hydrogen) atoms. The maximum atomic E-state index is 12.9. The molecule has 5 heteroatoms. The molecule has 0 atom stereocenters. The molecule has 1 aliphatic carbocycles. The zero-order valence-corrected chi connectivity index (χ0v) is 11.9. The van der Waals surface area contributed by atoms with Crippen LogP contribution in [0.25, 0.3) is 0 Å². The second-order valence-corrected chi connectivity index (χ2v) is 4.92. The molecule has 0 bridgehead atoms. The predicted octanol–water partition coefficient (Wildman–Crippen LogP) is 2.00. The Labute approximate surface area is 119 Å². The van der Waals surface area contributed by atoms with Crippen LogP contribution >= 0.6 is 12.4 Å². The Bertz CT molecular complexity index is 418. The normalized spacial score (nSPS) is 15.5. The highest BCUT2D eigenvalue weighted by Gasteiger charge is 2.44. The smallest absolute Gasteiger partial charge is 0.221 e. The first kappa shape index (κ1) is 15.9. The number of halogens is 2. The number of nitrogens with one attached hydrogen (secondary N) is 2. The van der Waals surface area contributed by atoms with E-state index in [0.717, 1.165) is 18.4 Å². The maximum absolute atomic E-state index is 12.9. The number of hydrogen-bond acceptors (Lipinski definition) is 2. The van der Waals surface area contributed by atoms with Crippen molar-refractivity contribution in [3.8, 4) is 0 Å². The van der Waals surface area contributed by atoms with Gasteiger partial charge in [-0.05, 0) is 37.6 Å². The van der Waals surface area contributed by atoms with Gasteiger partial charge in [-0.3, -0.25) is 4.79 Å². The van der Waals surface area contributed by atoms with Crippen molar-refractivity contribution < 1.29 is 9.18 Å². The van der Waals surface area contributed by atoms with Gasteiger partial charge in [0.1, 0.15) is 5.82 Å². The summed E-state index contributed by atoms with van der Waals surface area (Å²) in [6, 6.07) is 6.61. The van der Waals surface area contributed by atoms with Gasteiger partial charge in [0.15, 0.2) is 0 Å². The summed E-state index contributed by atoms with van der Waals surface area (Å²) in [6.07, 6.45) is 2.62. The lowest BCUT2D eigenvalue weighted by Crippen LogP contribution is -2.33. The van der Waals surface area contributed by atoms with E-state index in [-0.39, 0.29) is 29.5 Å². The molecule has 0 aliphatic heterocycles. The lowest BCUT2D eigenvalue weighted by Gasteiger charge is -2.16. The van der Waals surface area contributed by atoms with E-state index < -0.39 is 0 Å². The number of amides is 1. The van der Waals surface area contributed by atoms with Crippen molar-refractivity contribution in [3.05, 3.63) is 35.6 Å². The van der Waals surface area contributed by atoms with Crippen molar-refractivity contribution in [1.29, 1.82) is 0 Å². The Kier molecular flexibility index (Phi) is 5.76. The van der Waals surface area contributed by atoms with Gasteiger partial charge in [-0.15, -0.1) is 12.4 Å². The third-order valence-electron chi connectivity index (χ3n) is 3.54. The summed E-state index contributed by atoms with van der Waals surface area (Å²) in [7, 11) is 1.83. The summed E-state index contributed by atoms with van der Waals surface area (Å²) in [4.78, 5) is 11.6. The lowest BCUT2D eigenvalue weighted by atomic mass is 9.96. The summed E-state index contributed by atoms with van der Waals surface area (Å²) in [5.41, 5.74) is 1.17. The van der Waals surface area contributed by atoms with Crippen LogP contribution in [-0.4, -0.2) is 26.0 Å². The van der Waals surface area contributed by atoms with Crippen molar-refractivity contribution in [1.82, 2.24) is 10.6 Å². The molecule has 0 spiro atoms. The topological polar surface area (TPSA) is 41.1 Å². The molecular formula is C14H20ClFN2O. The summed E-state index contributed by atoms with van der Waals surface area (Å²) in [5, 5.41) is 5.91.